The van der Waals surface area contributed by atoms with E-state index < -0.39 is 0 Å². The van der Waals surface area contributed by atoms with Gasteiger partial charge in [-0.2, -0.15) is 10.2 Å². The molecule has 5 heteroatoms. The Morgan fingerprint density at radius 2 is 1.00 bits per heavy atom. The molecule has 222 valence electrons. The van der Waals surface area contributed by atoms with Crippen LogP contribution < -0.4 is 10.0 Å². The minimum absolute atomic E-state index is 0.948. The van der Waals surface area contributed by atoms with Crippen molar-refractivity contribution in [2.45, 2.75) is 33.2 Å². The fraction of sp³-hybridized carbons (Fsp3) is 0.179. The molecule has 6 aromatic rings. The molecule has 6 rings (SSSR count). The fourth-order valence-electron chi connectivity index (χ4n) is 5.35. The van der Waals surface area contributed by atoms with Crippen molar-refractivity contribution < 1.29 is 0 Å². The van der Waals surface area contributed by atoms with E-state index in [1.807, 2.05) is 86.8 Å². The van der Waals surface area contributed by atoms with Gasteiger partial charge in [-0.3, -0.25) is 10.0 Å². The number of benzene rings is 5. The molecule has 1 heterocycles. The number of hydrogen-bond donors (Lipinski definition) is 0. The van der Waals surface area contributed by atoms with E-state index in [2.05, 4.69) is 95.6 Å². The number of hydrazone groups is 2. The van der Waals surface area contributed by atoms with E-state index in [9.17, 15) is 0 Å². The van der Waals surface area contributed by atoms with Crippen LogP contribution in [0.15, 0.2) is 138 Å². The first-order valence-corrected chi connectivity index (χ1v) is 15.4. The first kappa shape index (κ1) is 30.3. The molecule has 0 fully saturated rings. The first-order valence-electron chi connectivity index (χ1n) is 15.4. The van der Waals surface area contributed by atoms with Gasteiger partial charge >= 0.3 is 0 Å². The number of aromatic nitrogens is 1. The second-order valence-electron chi connectivity index (χ2n) is 10.5. The lowest BCUT2D eigenvalue weighted by molar-refractivity contribution is 0.678. The van der Waals surface area contributed by atoms with Crippen molar-refractivity contribution in [1.82, 2.24) is 4.57 Å². The maximum absolute atomic E-state index is 4.71. The minimum Gasteiger partial charge on any atom is -0.340 e. The molecule has 0 saturated heterocycles. The second kappa shape index (κ2) is 14.8. The molecule has 0 atom stereocenters. The van der Waals surface area contributed by atoms with Crippen LogP contribution in [-0.4, -0.2) is 31.1 Å². The van der Waals surface area contributed by atoms with Gasteiger partial charge in [-0.1, -0.05) is 92.7 Å². The SMILES string of the molecule is CC.CN(/N=C/c1ccc2c(c1)c1cc(/C=N/N(C)c3ccccc3)ccc1n2CCCc1ccccc1)c1ccccc1. The van der Waals surface area contributed by atoms with Crippen molar-refractivity contribution in [2.24, 2.45) is 10.2 Å². The number of hydrogen-bond acceptors (Lipinski definition) is 4. The Morgan fingerprint density at radius 3 is 1.45 bits per heavy atom. The van der Waals surface area contributed by atoms with Crippen molar-refractivity contribution in [3.05, 3.63) is 144 Å². The van der Waals surface area contributed by atoms with Crippen LogP contribution in [0.1, 0.15) is 37.0 Å². The van der Waals surface area contributed by atoms with E-state index in [4.69, 9.17) is 10.2 Å². The molecule has 44 heavy (non-hydrogen) atoms. The number of para-hydroxylation sites is 2. The van der Waals surface area contributed by atoms with Gasteiger partial charge in [-0.25, -0.2) is 0 Å². The van der Waals surface area contributed by atoms with Crippen molar-refractivity contribution in [1.29, 1.82) is 0 Å². The molecule has 0 aliphatic heterocycles. The van der Waals surface area contributed by atoms with E-state index in [-0.39, 0.29) is 0 Å². The van der Waals surface area contributed by atoms with Crippen LogP contribution in [0.25, 0.3) is 21.8 Å². The highest BCUT2D eigenvalue weighted by molar-refractivity contribution is 6.11. The summed E-state index contributed by atoms with van der Waals surface area (Å²) in [5, 5.41) is 15.7. The van der Waals surface area contributed by atoms with Crippen LogP contribution >= 0.6 is 0 Å². The van der Waals surface area contributed by atoms with Crippen LogP contribution in [0.3, 0.4) is 0 Å². The molecule has 0 radical (unpaired) electrons. The lowest BCUT2D eigenvalue weighted by Crippen LogP contribution is -2.08. The van der Waals surface area contributed by atoms with Crippen LogP contribution in [0.5, 0.6) is 0 Å². The Balaban J connectivity index is 0.00000188. The Labute approximate surface area is 261 Å². The molecule has 0 aliphatic rings. The second-order valence-corrected chi connectivity index (χ2v) is 10.5. The van der Waals surface area contributed by atoms with Gasteiger partial charge in [0, 0.05) is 42.4 Å². The summed E-state index contributed by atoms with van der Waals surface area (Å²) in [5.41, 5.74) is 8.08. The lowest BCUT2D eigenvalue weighted by atomic mass is 10.1. The molecular formula is C39H41N5. The summed E-state index contributed by atoms with van der Waals surface area (Å²) in [6.45, 7) is 4.95. The Kier molecular flexibility index (Phi) is 10.2. The van der Waals surface area contributed by atoms with Crippen LogP contribution in [0, 0.1) is 0 Å². The topological polar surface area (TPSA) is 36.1 Å². The van der Waals surface area contributed by atoms with E-state index in [1.54, 1.807) is 0 Å². The molecule has 0 bridgehead atoms. The van der Waals surface area contributed by atoms with Crippen molar-refractivity contribution in [3.8, 4) is 0 Å². The van der Waals surface area contributed by atoms with E-state index in [0.717, 1.165) is 41.9 Å². The largest absolute Gasteiger partial charge is 0.340 e. The third kappa shape index (κ3) is 7.24. The van der Waals surface area contributed by atoms with Gasteiger partial charge in [0.25, 0.3) is 0 Å². The maximum atomic E-state index is 4.71. The zero-order valence-electron chi connectivity index (χ0n) is 26.1. The van der Waals surface area contributed by atoms with Crippen molar-refractivity contribution in [3.63, 3.8) is 0 Å². The third-order valence-corrected chi connectivity index (χ3v) is 7.62. The molecular weight excluding hydrogens is 538 g/mol. The smallest absolute Gasteiger partial charge is 0.0590 e. The molecule has 0 amide bonds. The standard InChI is InChI=1S/C37H35N5.C2H6/c1-40(32-16-8-4-9-17-32)38-27-30-20-22-36-34(25-30)35-26-31(28-39-41(2)33-18-10-5-11-19-33)21-23-37(35)42(36)24-12-15-29-13-6-3-7-14-29;1-2/h3-11,13-14,16-23,25-28H,12,15,24H2,1-2H3;1-2H3/b38-27+,39-28+;. The van der Waals surface area contributed by atoms with Crippen LogP contribution in [0.4, 0.5) is 11.4 Å². The summed E-state index contributed by atoms with van der Waals surface area (Å²) >= 11 is 0. The summed E-state index contributed by atoms with van der Waals surface area (Å²) in [5.74, 6) is 0. The van der Waals surface area contributed by atoms with E-state index in [1.165, 1.54) is 27.4 Å². The number of nitrogens with zero attached hydrogens (tertiary/aromatic N) is 5. The molecule has 1 aromatic heterocycles. The number of rotatable bonds is 10. The Hall–Kier alpha value is -5.16. The van der Waals surface area contributed by atoms with Gasteiger partial charge in [0.1, 0.15) is 0 Å². The monoisotopic (exact) mass is 579 g/mol. The molecule has 5 nitrogen and oxygen atoms in total. The molecule has 0 aliphatic carbocycles. The number of aryl methyl sites for hydroxylation is 2. The van der Waals surface area contributed by atoms with Crippen molar-refractivity contribution >= 4 is 45.6 Å². The number of fused-ring (bicyclic) bond motifs is 3. The van der Waals surface area contributed by atoms with E-state index >= 15 is 0 Å². The summed E-state index contributed by atoms with van der Waals surface area (Å²) in [6, 6.07) is 44.4. The summed E-state index contributed by atoms with van der Waals surface area (Å²) in [4.78, 5) is 0. The first-order chi connectivity index (χ1) is 21.7. The summed E-state index contributed by atoms with van der Waals surface area (Å²) < 4.78 is 2.46. The fourth-order valence-corrected chi connectivity index (χ4v) is 5.35. The van der Waals surface area contributed by atoms with Crippen LogP contribution in [-0.2, 0) is 13.0 Å². The van der Waals surface area contributed by atoms with Crippen molar-refractivity contribution in [2.75, 3.05) is 24.1 Å². The maximum Gasteiger partial charge on any atom is 0.0590 e. The average molecular weight is 580 g/mol. The Morgan fingerprint density at radius 1 is 0.568 bits per heavy atom. The minimum atomic E-state index is 0.948. The van der Waals surface area contributed by atoms with Crippen LogP contribution in [0.2, 0.25) is 0 Å². The molecule has 0 unspecified atom stereocenters. The van der Waals surface area contributed by atoms with Gasteiger partial charge in [0.05, 0.1) is 23.8 Å². The molecule has 5 aromatic carbocycles. The van der Waals surface area contributed by atoms with Gasteiger partial charge in [0.2, 0.25) is 0 Å². The van der Waals surface area contributed by atoms with Gasteiger partial charge in [-0.15, -0.1) is 0 Å². The summed E-state index contributed by atoms with van der Waals surface area (Å²) in [6.07, 6.45) is 5.99. The molecule has 0 saturated carbocycles. The third-order valence-electron chi connectivity index (χ3n) is 7.62. The quantitative estimate of drug-likeness (QED) is 0.120. The average Bonchev–Trinajstić information content (AvgIpc) is 3.40. The lowest BCUT2D eigenvalue weighted by Gasteiger charge is -2.12. The molecule has 0 N–H and O–H groups in total. The van der Waals surface area contributed by atoms with E-state index in [0.29, 0.717) is 0 Å². The van der Waals surface area contributed by atoms with Gasteiger partial charge < -0.3 is 4.57 Å². The summed E-state index contributed by atoms with van der Waals surface area (Å²) in [7, 11) is 3.95. The normalized spacial score (nSPS) is 11.3. The predicted octanol–water partition coefficient (Wildman–Crippen LogP) is 9.39. The zero-order valence-corrected chi connectivity index (χ0v) is 26.1. The van der Waals surface area contributed by atoms with Gasteiger partial charge in [-0.05, 0) is 78.1 Å². The predicted molar refractivity (Wildman–Crippen MR) is 190 cm³/mol. The highest BCUT2D eigenvalue weighted by Gasteiger charge is 2.12. The zero-order chi connectivity index (χ0) is 30.7. The highest BCUT2D eigenvalue weighted by atomic mass is 15.4. The number of anilines is 2. The van der Waals surface area contributed by atoms with Gasteiger partial charge in [0.15, 0.2) is 0 Å². The molecule has 0 spiro atoms. The Bertz CT molecular complexity index is 1710. The highest BCUT2D eigenvalue weighted by Crippen LogP contribution is 2.31.